The van der Waals surface area contributed by atoms with E-state index in [0.717, 1.165) is 10.6 Å². The van der Waals surface area contributed by atoms with E-state index in [1.807, 2.05) is 0 Å². The van der Waals surface area contributed by atoms with Gasteiger partial charge in [-0.3, -0.25) is 23.7 Å². The highest BCUT2D eigenvalue weighted by Crippen LogP contribution is 2.45. The van der Waals surface area contributed by atoms with Gasteiger partial charge in [-0.15, -0.1) is 0 Å². The normalized spacial score (nSPS) is 24.6. The number of para-hydroxylation sites is 1. The Kier molecular flexibility index (Phi) is 8.65. The van der Waals surface area contributed by atoms with Crippen molar-refractivity contribution >= 4 is 13.7 Å². The molecule has 0 aliphatic carbocycles. The van der Waals surface area contributed by atoms with E-state index in [2.05, 4.69) is 10.1 Å². The Hall–Kier alpha value is -2.80. The molecular formula is C21H29N4O9P. The number of H-pyrrole nitrogens is 1. The molecule has 1 aliphatic rings. The highest BCUT2D eigenvalue weighted by Gasteiger charge is 2.44. The number of hydrogen-bond donors (Lipinski definition) is 4. The van der Waals surface area contributed by atoms with Gasteiger partial charge in [-0.25, -0.2) is 9.36 Å². The number of nitrogens with one attached hydrogen (secondary N) is 2. The van der Waals surface area contributed by atoms with Crippen molar-refractivity contribution in [1.82, 2.24) is 14.6 Å². The van der Waals surface area contributed by atoms with Gasteiger partial charge in [0, 0.05) is 12.3 Å². The van der Waals surface area contributed by atoms with Crippen LogP contribution in [0.15, 0.2) is 52.2 Å². The first-order valence-electron chi connectivity index (χ1n) is 10.9. The van der Waals surface area contributed by atoms with Crippen molar-refractivity contribution < 1.29 is 33.0 Å². The number of hydrogen-bond acceptors (Lipinski definition) is 10. The molecule has 0 unspecified atom stereocenters. The fourth-order valence-electron chi connectivity index (χ4n) is 3.29. The van der Waals surface area contributed by atoms with Gasteiger partial charge < -0.3 is 24.8 Å². The number of rotatable bonds is 10. The van der Waals surface area contributed by atoms with Crippen LogP contribution in [0.5, 0.6) is 5.75 Å². The lowest BCUT2D eigenvalue weighted by Gasteiger charge is -2.25. The van der Waals surface area contributed by atoms with Crippen LogP contribution in [0.1, 0.15) is 27.0 Å². The summed E-state index contributed by atoms with van der Waals surface area (Å²) in [6.07, 6.45) is -2.74. The first-order valence-corrected chi connectivity index (χ1v) is 12.4. The lowest BCUT2D eigenvalue weighted by Crippen LogP contribution is -2.43. The molecule has 5 N–H and O–H groups in total. The summed E-state index contributed by atoms with van der Waals surface area (Å²) >= 11 is 0. The number of aromatic nitrogens is 2. The SMILES string of the molecule is CC(C)OC(=O)[C@H](C)N[P@](=O)(OC[C@H]1O[C@@H](n2ccc(=O)[nH]c2=O)[C@H](N)[C@@H]1O)Oc1ccccc1. The van der Waals surface area contributed by atoms with E-state index in [4.69, 9.17) is 24.3 Å². The van der Waals surface area contributed by atoms with E-state index in [9.17, 15) is 24.1 Å². The van der Waals surface area contributed by atoms with Crippen molar-refractivity contribution in [2.24, 2.45) is 5.73 Å². The minimum Gasteiger partial charge on any atom is -0.462 e. The van der Waals surface area contributed by atoms with Crippen LogP contribution in [0.4, 0.5) is 0 Å². The molecule has 2 aromatic rings. The maximum atomic E-state index is 13.5. The van der Waals surface area contributed by atoms with Crippen LogP contribution in [-0.2, 0) is 23.4 Å². The lowest BCUT2D eigenvalue weighted by molar-refractivity contribution is -0.149. The standard InChI is InChI=1S/C21H29N4O9P/c1-12(2)32-20(28)13(3)24-35(30,34-14-7-5-4-6-8-14)31-11-15-18(27)17(22)19(33-15)25-10-9-16(26)23-21(25)29/h4-10,12-13,15,17-19,27H,11,22H2,1-3H3,(H,24,30)(H,23,26,29)/t13-,15+,17+,18+,19+,35-/m0/s1. The quantitative estimate of drug-likeness (QED) is 0.253. The summed E-state index contributed by atoms with van der Waals surface area (Å²) in [6, 6.07) is 7.13. The Labute approximate surface area is 200 Å². The van der Waals surface area contributed by atoms with Crippen LogP contribution in [0.25, 0.3) is 0 Å². The van der Waals surface area contributed by atoms with Crippen molar-refractivity contribution in [3.63, 3.8) is 0 Å². The molecule has 0 spiro atoms. The molecule has 1 saturated heterocycles. The molecular weight excluding hydrogens is 483 g/mol. The molecule has 0 radical (unpaired) electrons. The number of aliphatic hydroxyl groups excluding tert-OH is 1. The molecule has 0 bridgehead atoms. The number of carbonyl (C=O) groups excluding carboxylic acids is 1. The number of ether oxygens (including phenoxy) is 2. The van der Waals surface area contributed by atoms with Gasteiger partial charge >= 0.3 is 19.4 Å². The molecule has 35 heavy (non-hydrogen) atoms. The number of esters is 1. The number of carbonyl (C=O) groups is 1. The fourth-order valence-corrected chi connectivity index (χ4v) is 4.79. The van der Waals surface area contributed by atoms with Crippen molar-refractivity contribution in [3.05, 3.63) is 63.4 Å². The van der Waals surface area contributed by atoms with Crippen LogP contribution in [0.3, 0.4) is 0 Å². The molecule has 1 fully saturated rings. The van der Waals surface area contributed by atoms with Gasteiger partial charge in [-0.05, 0) is 32.9 Å². The summed E-state index contributed by atoms with van der Waals surface area (Å²) in [5.74, 6) is -0.466. The molecule has 14 heteroatoms. The van der Waals surface area contributed by atoms with E-state index in [1.165, 1.54) is 13.1 Å². The Bertz CT molecular complexity index is 1170. The van der Waals surface area contributed by atoms with Crippen molar-refractivity contribution in [1.29, 1.82) is 0 Å². The zero-order chi connectivity index (χ0) is 25.8. The molecule has 13 nitrogen and oxygen atoms in total. The Balaban J connectivity index is 1.75. The monoisotopic (exact) mass is 512 g/mol. The highest BCUT2D eigenvalue weighted by molar-refractivity contribution is 7.52. The van der Waals surface area contributed by atoms with E-state index < -0.39 is 62.1 Å². The molecule has 6 atom stereocenters. The predicted octanol–water partition coefficient (Wildman–Crippen LogP) is 0.256. The maximum absolute atomic E-state index is 13.5. The van der Waals surface area contributed by atoms with E-state index in [0.29, 0.717) is 0 Å². The summed E-state index contributed by atoms with van der Waals surface area (Å²) in [5.41, 5.74) is 4.64. The first-order chi connectivity index (χ1) is 16.5. The zero-order valence-electron chi connectivity index (χ0n) is 19.4. The number of nitrogens with two attached hydrogens (primary N) is 1. The molecule has 3 rings (SSSR count). The van der Waals surface area contributed by atoms with E-state index in [-0.39, 0.29) is 11.9 Å². The zero-order valence-corrected chi connectivity index (χ0v) is 20.3. The maximum Gasteiger partial charge on any atom is 0.459 e. The minimum atomic E-state index is -4.20. The predicted molar refractivity (Wildman–Crippen MR) is 124 cm³/mol. The first kappa shape index (κ1) is 26.8. The summed E-state index contributed by atoms with van der Waals surface area (Å²) in [5, 5.41) is 13.1. The van der Waals surface area contributed by atoms with Crippen LogP contribution < -0.4 is 26.6 Å². The topological polar surface area (TPSA) is 184 Å². The second kappa shape index (κ2) is 11.3. The fraction of sp³-hybridized carbons (Fsp3) is 0.476. The van der Waals surface area contributed by atoms with Crippen molar-refractivity contribution in [2.75, 3.05) is 6.61 Å². The summed E-state index contributed by atoms with van der Waals surface area (Å²) in [4.78, 5) is 37.8. The van der Waals surface area contributed by atoms with Crippen LogP contribution >= 0.6 is 7.75 Å². The van der Waals surface area contributed by atoms with Gasteiger partial charge in [0.25, 0.3) is 5.56 Å². The van der Waals surface area contributed by atoms with Gasteiger partial charge in [0.05, 0.1) is 18.8 Å². The molecule has 2 heterocycles. The molecule has 1 aliphatic heterocycles. The molecule has 1 aromatic heterocycles. The number of aliphatic hydroxyl groups is 1. The second-order valence-electron chi connectivity index (χ2n) is 8.18. The van der Waals surface area contributed by atoms with Gasteiger partial charge in [-0.2, -0.15) is 5.09 Å². The van der Waals surface area contributed by atoms with Gasteiger partial charge in [0.15, 0.2) is 6.23 Å². The molecule has 0 amide bonds. The van der Waals surface area contributed by atoms with Crippen molar-refractivity contribution in [2.45, 2.75) is 57.4 Å². The van der Waals surface area contributed by atoms with E-state index >= 15 is 0 Å². The summed E-state index contributed by atoms with van der Waals surface area (Å²) in [6.45, 7) is 4.32. The van der Waals surface area contributed by atoms with Gasteiger partial charge in [0.2, 0.25) is 0 Å². The summed E-state index contributed by atoms with van der Waals surface area (Å²) < 4.78 is 36.5. The Morgan fingerprint density at radius 3 is 2.57 bits per heavy atom. The average molecular weight is 512 g/mol. The number of nitrogens with zero attached hydrogens (tertiary/aromatic N) is 1. The summed E-state index contributed by atoms with van der Waals surface area (Å²) in [7, 11) is -4.20. The third kappa shape index (κ3) is 6.88. The van der Waals surface area contributed by atoms with E-state index in [1.54, 1.807) is 44.2 Å². The molecule has 1 aromatic carbocycles. The molecule has 0 saturated carbocycles. The Morgan fingerprint density at radius 2 is 1.94 bits per heavy atom. The third-order valence-electron chi connectivity index (χ3n) is 4.98. The van der Waals surface area contributed by atoms with Crippen molar-refractivity contribution in [3.8, 4) is 5.75 Å². The second-order valence-corrected chi connectivity index (χ2v) is 9.88. The van der Waals surface area contributed by atoms with Crippen LogP contribution in [0.2, 0.25) is 0 Å². The average Bonchev–Trinajstić information content (AvgIpc) is 3.06. The molecule has 192 valence electrons. The Morgan fingerprint density at radius 1 is 1.26 bits per heavy atom. The van der Waals surface area contributed by atoms with Crippen LogP contribution in [0, 0.1) is 0 Å². The smallest absolute Gasteiger partial charge is 0.459 e. The third-order valence-corrected chi connectivity index (χ3v) is 6.62. The number of benzene rings is 1. The minimum absolute atomic E-state index is 0.204. The largest absolute Gasteiger partial charge is 0.462 e. The number of aromatic amines is 1. The van der Waals surface area contributed by atoms with Gasteiger partial charge in [0.1, 0.15) is 24.0 Å². The van der Waals surface area contributed by atoms with Crippen LogP contribution in [-0.4, -0.2) is 57.6 Å². The lowest BCUT2D eigenvalue weighted by atomic mass is 10.1. The highest BCUT2D eigenvalue weighted by atomic mass is 31.2. The van der Waals surface area contributed by atoms with Gasteiger partial charge in [-0.1, -0.05) is 18.2 Å².